The monoisotopic (exact) mass is 247 g/mol. The van der Waals surface area contributed by atoms with Crippen LogP contribution in [0.5, 0.6) is 5.75 Å². The van der Waals surface area contributed by atoms with Crippen LogP contribution in [0.15, 0.2) is 18.2 Å². The van der Waals surface area contributed by atoms with Crippen molar-refractivity contribution >= 4 is 5.69 Å². The molecule has 98 valence electrons. The second-order valence-electron chi connectivity index (χ2n) is 5.18. The minimum Gasteiger partial charge on any atom is -0.497 e. The first kappa shape index (κ1) is 11.8. The van der Waals surface area contributed by atoms with Crippen molar-refractivity contribution in [1.29, 1.82) is 0 Å². The van der Waals surface area contributed by atoms with Gasteiger partial charge < -0.3 is 14.8 Å². The predicted octanol–water partition coefficient (Wildman–Crippen LogP) is 3.16. The van der Waals surface area contributed by atoms with Gasteiger partial charge in [-0.3, -0.25) is 0 Å². The molecular formula is C15H21NO2. The van der Waals surface area contributed by atoms with Gasteiger partial charge in [-0.05, 0) is 49.4 Å². The zero-order valence-electron chi connectivity index (χ0n) is 10.9. The van der Waals surface area contributed by atoms with Gasteiger partial charge in [-0.25, -0.2) is 0 Å². The Balaban J connectivity index is 1.89. The van der Waals surface area contributed by atoms with E-state index >= 15 is 0 Å². The Morgan fingerprint density at radius 1 is 1.28 bits per heavy atom. The van der Waals surface area contributed by atoms with E-state index in [9.17, 15) is 0 Å². The second-order valence-corrected chi connectivity index (χ2v) is 5.18. The van der Waals surface area contributed by atoms with Crippen molar-refractivity contribution in [3.63, 3.8) is 0 Å². The maximum atomic E-state index is 5.98. The first-order chi connectivity index (χ1) is 8.88. The van der Waals surface area contributed by atoms with Gasteiger partial charge in [-0.1, -0.05) is 0 Å². The summed E-state index contributed by atoms with van der Waals surface area (Å²) in [4.78, 5) is 0. The fraction of sp³-hybridized carbons (Fsp3) is 0.600. The van der Waals surface area contributed by atoms with Gasteiger partial charge in [0.25, 0.3) is 0 Å². The summed E-state index contributed by atoms with van der Waals surface area (Å²) >= 11 is 0. The minimum absolute atomic E-state index is 0.395. The summed E-state index contributed by atoms with van der Waals surface area (Å²) in [7, 11) is 1.73. The molecule has 0 amide bonds. The summed E-state index contributed by atoms with van der Waals surface area (Å²) in [5.74, 6) is 1.47. The van der Waals surface area contributed by atoms with Crippen molar-refractivity contribution in [2.24, 2.45) is 0 Å². The highest BCUT2D eigenvalue weighted by Gasteiger charge is 2.30. The van der Waals surface area contributed by atoms with Crippen LogP contribution in [-0.4, -0.2) is 26.4 Å². The van der Waals surface area contributed by atoms with E-state index in [4.69, 9.17) is 9.47 Å². The number of anilines is 1. The topological polar surface area (TPSA) is 30.5 Å². The third-order valence-electron chi connectivity index (χ3n) is 4.09. The number of fused-ring (bicyclic) bond motifs is 1. The quantitative estimate of drug-likeness (QED) is 0.870. The maximum Gasteiger partial charge on any atom is 0.119 e. The molecule has 18 heavy (non-hydrogen) atoms. The molecule has 2 unspecified atom stereocenters. The molecule has 0 aliphatic carbocycles. The maximum absolute atomic E-state index is 5.98. The van der Waals surface area contributed by atoms with Gasteiger partial charge in [-0.15, -0.1) is 0 Å². The van der Waals surface area contributed by atoms with Gasteiger partial charge in [0.05, 0.1) is 13.2 Å². The van der Waals surface area contributed by atoms with E-state index in [2.05, 4.69) is 17.4 Å². The average molecular weight is 247 g/mol. The first-order valence-electron chi connectivity index (χ1n) is 6.92. The Labute approximate surface area is 108 Å². The molecule has 1 aromatic rings. The summed E-state index contributed by atoms with van der Waals surface area (Å²) < 4.78 is 11.3. The zero-order chi connectivity index (χ0) is 12.4. The molecule has 0 radical (unpaired) electrons. The van der Waals surface area contributed by atoms with Crippen LogP contribution in [0.1, 0.15) is 37.2 Å². The second kappa shape index (κ2) is 5.19. The average Bonchev–Trinajstić information content (AvgIpc) is 2.47. The Kier molecular flexibility index (Phi) is 3.41. The number of nitrogens with one attached hydrogen (secondary N) is 1. The Hall–Kier alpha value is -1.22. The van der Waals surface area contributed by atoms with Crippen LogP contribution in [0, 0.1) is 0 Å². The van der Waals surface area contributed by atoms with Gasteiger partial charge in [-0.2, -0.15) is 0 Å². The summed E-state index contributed by atoms with van der Waals surface area (Å²) in [6.45, 7) is 1.97. The van der Waals surface area contributed by atoms with Crippen LogP contribution in [0.3, 0.4) is 0 Å². The van der Waals surface area contributed by atoms with Gasteiger partial charge in [0, 0.05) is 24.8 Å². The van der Waals surface area contributed by atoms with Crippen LogP contribution in [0.4, 0.5) is 5.69 Å². The molecule has 1 N–H and O–H groups in total. The highest BCUT2D eigenvalue weighted by molar-refractivity contribution is 5.57. The molecule has 3 heteroatoms. The smallest absolute Gasteiger partial charge is 0.119 e. The number of hydrogen-bond donors (Lipinski definition) is 1. The molecular weight excluding hydrogens is 226 g/mol. The summed E-state index contributed by atoms with van der Waals surface area (Å²) in [5, 5.41) is 3.47. The number of ether oxygens (including phenoxy) is 2. The zero-order valence-corrected chi connectivity index (χ0v) is 10.9. The van der Waals surface area contributed by atoms with Gasteiger partial charge in [0.1, 0.15) is 5.75 Å². The molecule has 1 fully saturated rings. The van der Waals surface area contributed by atoms with E-state index in [1.165, 1.54) is 30.5 Å². The number of hydrogen-bond acceptors (Lipinski definition) is 3. The fourth-order valence-corrected chi connectivity index (χ4v) is 3.12. The van der Waals surface area contributed by atoms with Crippen molar-refractivity contribution in [3.05, 3.63) is 23.8 Å². The lowest BCUT2D eigenvalue weighted by molar-refractivity contribution is -0.00265. The normalized spacial score (nSPS) is 27.2. The lowest BCUT2D eigenvalue weighted by Gasteiger charge is -2.35. The van der Waals surface area contributed by atoms with Crippen molar-refractivity contribution in [3.8, 4) is 5.75 Å². The molecule has 2 heterocycles. The molecule has 3 nitrogen and oxygen atoms in total. The van der Waals surface area contributed by atoms with Crippen LogP contribution < -0.4 is 10.1 Å². The van der Waals surface area contributed by atoms with Crippen molar-refractivity contribution in [2.75, 3.05) is 25.6 Å². The summed E-state index contributed by atoms with van der Waals surface area (Å²) in [6, 6.07) is 6.32. The van der Waals surface area contributed by atoms with Crippen LogP contribution in [0.25, 0.3) is 0 Å². The van der Waals surface area contributed by atoms with Crippen LogP contribution >= 0.6 is 0 Å². The number of methoxy groups -OCH3 is 1. The standard InChI is InChI=1S/C15H21NO2/c1-17-11-5-6-14-13(10-11)12(7-8-16-14)15-4-2-3-9-18-15/h5-6,10,12,15-16H,2-4,7-9H2,1H3. The fourth-order valence-electron chi connectivity index (χ4n) is 3.12. The molecule has 2 atom stereocenters. The molecule has 2 aliphatic rings. The van der Waals surface area contributed by atoms with Crippen molar-refractivity contribution in [2.45, 2.75) is 37.7 Å². The lowest BCUT2D eigenvalue weighted by Crippen LogP contribution is -2.31. The van der Waals surface area contributed by atoms with E-state index in [1.807, 2.05) is 6.07 Å². The largest absolute Gasteiger partial charge is 0.497 e. The molecule has 2 aliphatic heterocycles. The van der Waals surface area contributed by atoms with E-state index < -0.39 is 0 Å². The van der Waals surface area contributed by atoms with E-state index in [0.717, 1.165) is 25.3 Å². The third kappa shape index (κ3) is 2.19. The summed E-state index contributed by atoms with van der Waals surface area (Å²) in [6.07, 6.45) is 5.26. The number of rotatable bonds is 2. The Bertz CT molecular complexity index is 413. The molecule has 0 saturated carbocycles. The SMILES string of the molecule is COc1ccc2c(c1)C(C1CCCCO1)CCN2. The van der Waals surface area contributed by atoms with Gasteiger partial charge >= 0.3 is 0 Å². The highest BCUT2D eigenvalue weighted by Crippen LogP contribution is 2.39. The highest BCUT2D eigenvalue weighted by atomic mass is 16.5. The van der Waals surface area contributed by atoms with E-state index in [-0.39, 0.29) is 0 Å². The Morgan fingerprint density at radius 2 is 2.22 bits per heavy atom. The van der Waals surface area contributed by atoms with Crippen LogP contribution in [0.2, 0.25) is 0 Å². The van der Waals surface area contributed by atoms with E-state index in [0.29, 0.717) is 12.0 Å². The van der Waals surface area contributed by atoms with Crippen molar-refractivity contribution < 1.29 is 9.47 Å². The van der Waals surface area contributed by atoms with Crippen LogP contribution in [-0.2, 0) is 4.74 Å². The van der Waals surface area contributed by atoms with E-state index in [1.54, 1.807) is 7.11 Å². The Morgan fingerprint density at radius 3 is 3.00 bits per heavy atom. The van der Waals surface area contributed by atoms with Crippen molar-refractivity contribution in [1.82, 2.24) is 0 Å². The molecule has 0 aromatic heterocycles. The predicted molar refractivity (Wildman–Crippen MR) is 72.4 cm³/mol. The van der Waals surface area contributed by atoms with Gasteiger partial charge in [0.15, 0.2) is 0 Å². The van der Waals surface area contributed by atoms with Gasteiger partial charge in [0.2, 0.25) is 0 Å². The molecule has 0 bridgehead atoms. The third-order valence-corrected chi connectivity index (χ3v) is 4.09. The lowest BCUT2D eigenvalue weighted by atomic mass is 9.83. The first-order valence-corrected chi connectivity index (χ1v) is 6.92. The molecule has 0 spiro atoms. The molecule has 3 rings (SSSR count). The minimum atomic E-state index is 0.395. The number of benzene rings is 1. The molecule has 1 saturated heterocycles. The summed E-state index contributed by atoms with van der Waals surface area (Å²) in [5.41, 5.74) is 2.62. The molecule has 1 aromatic carbocycles.